The molecule has 0 heterocycles. The van der Waals surface area contributed by atoms with Crippen LogP contribution in [0.1, 0.15) is 5.56 Å². The highest BCUT2D eigenvalue weighted by molar-refractivity contribution is 7.73. The Morgan fingerprint density at radius 1 is 0.625 bits per heavy atom. The molecule has 0 aliphatic carbocycles. The first-order valence-electron chi connectivity index (χ1n) is 8.43. The maximum Gasteiger partial charge on any atom is -0.0195 e. The van der Waals surface area contributed by atoms with Crippen LogP contribution in [0.15, 0.2) is 97.1 Å². The Morgan fingerprint density at radius 3 is 1.92 bits per heavy atom. The van der Waals surface area contributed by atoms with Crippen molar-refractivity contribution in [2.45, 2.75) is 6.42 Å². The molecule has 0 spiro atoms. The number of rotatable bonds is 5. The van der Waals surface area contributed by atoms with E-state index in [-0.39, 0.29) is 7.92 Å². The third-order valence-corrected chi connectivity index (χ3v) is 7.03. The molecule has 0 bridgehead atoms. The van der Waals surface area contributed by atoms with Crippen molar-refractivity contribution in [2.24, 2.45) is 0 Å². The molecule has 24 heavy (non-hydrogen) atoms. The van der Waals surface area contributed by atoms with Crippen molar-refractivity contribution in [3.05, 3.63) is 103 Å². The Bertz CT molecular complexity index is 867. The fraction of sp³-hybridized carbons (Fsp3) is 0.0870. The summed E-state index contributed by atoms with van der Waals surface area (Å²) in [7, 11) is -0.311. The van der Waals surface area contributed by atoms with Crippen molar-refractivity contribution in [3.8, 4) is 0 Å². The lowest BCUT2D eigenvalue weighted by molar-refractivity contribution is 1.18. The van der Waals surface area contributed by atoms with E-state index >= 15 is 0 Å². The van der Waals surface area contributed by atoms with Crippen molar-refractivity contribution in [1.82, 2.24) is 0 Å². The van der Waals surface area contributed by atoms with Crippen molar-refractivity contribution in [1.29, 1.82) is 0 Å². The molecule has 0 aromatic heterocycles. The zero-order valence-electron chi connectivity index (χ0n) is 13.6. The summed E-state index contributed by atoms with van der Waals surface area (Å²) in [5.41, 5.74) is 1.48. The van der Waals surface area contributed by atoms with E-state index in [0.29, 0.717) is 0 Å². The predicted octanol–water partition coefficient (Wildman–Crippen LogP) is 5.23. The van der Waals surface area contributed by atoms with E-state index in [1.165, 1.54) is 33.1 Å². The van der Waals surface area contributed by atoms with Gasteiger partial charge < -0.3 is 0 Å². The number of hydrogen-bond donors (Lipinski definition) is 0. The van der Waals surface area contributed by atoms with Crippen molar-refractivity contribution in [3.63, 3.8) is 0 Å². The van der Waals surface area contributed by atoms with Crippen molar-refractivity contribution in [2.75, 3.05) is 6.16 Å². The maximum absolute atomic E-state index is 2.30. The van der Waals surface area contributed by atoms with Crippen LogP contribution in [0.25, 0.3) is 10.8 Å². The molecule has 4 aromatic carbocycles. The third kappa shape index (κ3) is 3.16. The first kappa shape index (κ1) is 15.2. The van der Waals surface area contributed by atoms with Crippen molar-refractivity contribution >= 4 is 29.3 Å². The van der Waals surface area contributed by atoms with Crippen LogP contribution in [0, 0.1) is 0 Å². The van der Waals surface area contributed by atoms with Gasteiger partial charge in [0.25, 0.3) is 0 Å². The number of fused-ring (bicyclic) bond motifs is 1. The topological polar surface area (TPSA) is 0 Å². The molecule has 0 amide bonds. The van der Waals surface area contributed by atoms with Crippen LogP contribution in [0.4, 0.5) is 0 Å². The van der Waals surface area contributed by atoms with Crippen LogP contribution < -0.4 is 10.6 Å². The first-order valence-corrected chi connectivity index (χ1v) is 9.95. The van der Waals surface area contributed by atoms with Gasteiger partial charge in [-0.25, -0.2) is 0 Å². The van der Waals surface area contributed by atoms with Gasteiger partial charge in [0.2, 0.25) is 0 Å². The zero-order valence-corrected chi connectivity index (χ0v) is 14.5. The second kappa shape index (κ2) is 7.07. The average Bonchev–Trinajstić information content (AvgIpc) is 3.07. The lowest BCUT2D eigenvalue weighted by Crippen LogP contribution is -2.14. The summed E-state index contributed by atoms with van der Waals surface area (Å²) >= 11 is 0. The molecule has 0 N–H and O–H groups in total. The molecule has 0 fully saturated rings. The number of hydrogen-bond acceptors (Lipinski definition) is 0. The molecule has 0 aliphatic rings. The second-order valence-electron chi connectivity index (χ2n) is 6.02. The van der Waals surface area contributed by atoms with E-state index in [2.05, 4.69) is 97.1 Å². The Labute approximate surface area is 144 Å². The summed E-state index contributed by atoms with van der Waals surface area (Å²) in [6.07, 6.45) is 2.32. The highest BCUT2D eigenvalue weighted by Gasteiger charge is 2.12. The number of benzene rings is 3. The number of aryl methyl sites for hydroxylation is 1. The van der Waals surface area contributed by atoms with Crippen molar-refractivity contribution < 1.29 is 0 Å². The summed E-state index contributed by atoms with van der Waals surface area (Å²) < 4.78 is 0. The van der Waals surface area contributed by atoms with Crippen LogP contribution in [0.5, 0.6) is 0 Å². The van der Waals surface area contributed by atoms with Gasteiger partial charge in [0.15, 0.2) is 0 Å². The highest BCUT2D eigenvalue weighted by atomic mass is 31.1. The van der Waals surface area contributed by atoms with E-state index in [1.807, 2.05) is 0 Å². The van der Waals surface area contributed by atoms with Gasteiger partial charge in [0.05, 0.1) is 0 Å². The molecule has 4 rings (SSSR count). The van der Waals surface area contributed by atoms with Crippen LogP contribution in [-0.4, -0.2) is 6.16 Å². The van der Waals surface area contributed by atoms with E-state index in [0.717, 1.165) is 6.42 Å². The monoisotopic (exact) mass is 327 g/mol. The van der Waals surface area contributed by atoms with Gasteiger partial charge in [0, 0.05) is 0 Å². The van der Waals surface area contributed by atoms with Crippen LogP contribution in [0.2, 0.25) is 0 Å². The van der Waals surface area contributed by atoms with Crippen LogP contribution in [-0.2, 0) is 6.42 Å². The minimum Gasteiger partial charge on any atom is -0.148 e. The second-order valence-corrected chi connectivity index (χ2v) is 8.35. The first-order chi connectivity index (χ1) is 11.9. The molecule has 1 heteroatoms. The van der Waals surface area contributed by atoms with Gasteiger partial charge in [-0.3, -0.25) is 0 Å². The summed E-state index contributed by atoms with van der Waals surface area (Å²) in [6, 6.07) is 35.2. The van der Waals surface area contributed by atoms with E-state index in [9.17, 15) is 0 Å². The molecular formula is C23H20P-. The van der Waals surface area contributed by atoms with Gasteiger partial charge in [-0.15, -0.1) is 47.3 Å². The molecular weight excluding hydrogens is 307 g/mol. The Hall–Kier alpha value is -2.30. The lowest BCUT2D eigenvalue weighted by Gasteiger charge is -2.19. The van der Waals surface area contributed by atoms with E-state index < -0.39 is 0 Å². The third-order valence-electron chi connectivity index (χ3n) is 4.51. The largest absolute Gasteiger partial charge is 0.148 e. The molecule has 0 nitrogen and oxygen atoms in total. The average molecular weight is 327 g/mol. The van der Waals surface area contributed by atoms with Crippen LogP contribution >= 0.6 is 7.92 Å². The molecule has 0 saturated heterocycles. The van der Waals surface area contributed by atoms with Gasteiger partial charge in [0.1, 0.15) is 0 Å². The fourth-order valence-electron chi connectivity index (χ4n) is 3.29. The standard InChI is InChI=1S/C23H20P/c1-3-10-21(11-4-1)24(22-12-5-2-6-13-22)18-17-20-16-15-19-9-7-8-14-23(19)20/h1-16H,17-18H2/q-1. The quantitative estimate of drug-likeness (QED) is 0.348. The van der Waals surface area contributed by atoms with E-state index in [4.69, 9.17) is 0 Å². The Balaban J connectivity index is 1.63. The molecule has 0 radical (unpaired) electrons. The molecule has 0 unspecified atom stereocenters. The summed E-state index contributed by atoms with van der Waals surface area (Å²) in [5.74, 6) is 0. The Morgan fingerprint density at radius 2 is 1.25 bits per heavy atom. The fourth-order valence-corrected chi connectivity index (χ4v) is 5.63. The van der Waals surface area contributed by atoms with Gasteiger partial charge in [-0.2, -0.15) is 0 Å². The van der Waals surface area contributed by atoms with Gasteiger partial charge >= 0.3 is 0 Å². The minimum absolute atomic E-state index is 0.311. The molecule has 0 aliphatic heterocycles. The molecule has 0 saturated carbocycles. The molecule has 118 valence electrons. The maximum atomic E-state index is 2.30. The summed E-state index contributed by atoms with van der Waals surface area (Å²) in [5, 5.41) is 5.70. The SMILES string of the molecule is c1ccc(P(CCc2cc[c-]3ccccc23)c2ccccc2)cc1. The van der Waals surface area contributed by atoms with Gasteiger partial charge in [-0.1, -0.05) is 72.5 Å². The zero-order chi connectivity index (χ0) is 16.2. The molecule has 0 atom stereocenters. The van der Waals surface area contributed by atoms with Crippen LogP contribution in [0.3, 0.4) is 0 Å². The lowest BCUT2D eigenvalue weighted by atomic mass is 10.1. The normalized spacial score (nSPS) is 11.2. The Kier molecular flexibility index (Phi) is 4.49. The minimum atomic E-state index is -0.311. The molecule has 4 aromatic rings. The van der Waals surface area contributed by atoms with E-state index in [1.54, 1.807) is 0 Å². The summed E-state index contributed by atoms with van der Waals surface area (Å²) in [4.78, 5) is 0. The highest BCUT2D eigenvalue weighted by Crippen LogP contribution is 2.35. The smallest absolute Gasteiger partial charge is 0.0195 e. The summed E-state index contributed by atoms with van der Waals surface area (Å²) in [6.45, 7) is 0. The van der Waals surface area contributed by atoms with Gasteiger partial charge in [-0.05, 0) is 24.7 Å². The predicted molar refractivity (Wildman–Crippen MR) is 107 cm³/mol.